The fourth-order valence-electron chi connectivity index (χ4n) is 6.90. The van der Waals surface area contributed by atoms with Gasteiger partial charge in [-0.25, -0.2) is 0 Å². The fourth-order valence-corrected chi connectivity index (χ4v) is 8.10. The predicted octanol–water partition coefficient (Wildman–Crippen LogP) is 5.25. The Labute approximate surface area is 139 Å². The summed E-state index contributed by atoms with van der Waals surface area (Å²) in [6.07, 6.45) is 14.5. The van der Waals surface area contributed by atoms with E-state index in [1.165, 1.54) is 44.1 Å². The minimum Gasteiger partial charge on any atom is -0.295 e. The third kappa shape index (κ3) is 1.95. The monoisotopic (exact) mass is 318 g/mol. The molecule has 0 bridgehead atoms. The molecule has 1 nitrogen and oxygen atoms in total. The van der Waals surface area contributed by atoms with Gasteiger partial charge in [0.2, 0.25) is 0 Å². The second kappa shape index (κ2) is 5.13. The maximum atomic E-state index is 11.9. The second-order valence-electron chi connectivity index (χ2n) is 8.82. The van der Waals surface area contributed by atoms with Gasteiger partial charge in [0.05, 0.1) is 0 Å². The minimum absolute atomic E-state index is 0.343. The van der Waals surface area contributed by atoms with Crippen LogP contribution in [0.3, 0.4) is 0 Å². The highest BCUT2D eigenvalue weighted by atomic mass is 32.2. The molecule has 0 radical (unpaired) electrons. The van der Waals surface area contributed by atoms with Crippen molar-refractivity contribution in [1.82, 2.24) is 0 Å². The van der Waals surface area contributed by atoms with Crippen molar-refractivity contribution in [3.63, 3.8) is 0 Å². The molecule has 0 heterocycles. The molecular formula is C20H30OS. The van der Waals surface area contributed by atoms with Crippen LogP contribution in [0.1, 0.15) is 65.2 Å². The molecule has 4 aliphatic rings. The molecule has 0 spiro atoms. The van der Waals surface area contributed by atoms with Gasteiger partial charge < -0.3 is 0 Å². The third-order valence-electron chi connectivity index (χ3n) is 8.16. The molecule has 3 fully saturated rings. The number of fused-ring (bicyclic) bond motifs is 5. The first kappa shape index (κ1) is 15.3. The summed E-state index contributed by atoms with van der Waals surface area (Å²) >= 11 is 2.12. The Bertz CT molecular complexity index is 524. The summed E-state index contributed by atoms with van der Waals surface area (Å²) in [4.78, 5) is 11.9. The highest BCUT2D eigenvalue weighted by molar-refractivity contribution is 7.99. The first-order valence-corrected chi connectivity index (χ1v) is 10.5. The van der Waals surface area contributed by atoms with Gasteiger partial charge in [-0.1, -0.05) is 19.4 Å². The summed E-state index contributed by atoms with van der Waals surface area (Å²) in [6.45, 7) is 5.09. The van der Waals surface area contributed by atoms with Crippen molar-refractivity contribution in [3.05, 3.63) is 11.6 Å². The molecule has 0 aliphatic heterocycles. The topological polar surface area (TPSA) is 17.1 Å². The summed E-state index contributed by atoms with van der Waals surface area (Å²) in [5, 5.41) is 0.885. The molecule has 122 valence electrons. The van der Waals surface area contributed by atoms with Crippen molar-refractivity contribution in [1.29, 1.82) is 0 Å². The van der Waals surface area contributed by atoms with Crippen LogP contribution in [0.25, 0.3) is 0 Å². The summed E-state index contributed by atoms with van der Waals surface area (Å²) in [5.41, 5.74) is 2.44. The number of carbonyl (C=O) groups excluding carboxylic acids is 1. The Morgan fingerprint density at radius 2 is 1.86 bits per heavy atom. The zero-order valence-electron chi connectivity index (χ0n) is 14.4. The number of rotatable bonds is 1. The Hall–Kier alpha value is -0.240. The van der Waals surface area contributed by atoms with Gasteiger partial charge >= 0.3 is 0 Å². The van der Waals surface area contributed by atoms with E-state index in [4.69, 9.17) is 0 Å². The van der Waals surface area contributed by atoms with Gasteiger partial charge in [0.15, 0.2) is 5.78 Å². The first-order valence-electron chi connectivity index (χ1n) is 9.26. The van der Waals surface area contributed by atoms with E-state index >= 15 is 0 Å². The van der Waals surface area contributed by atoms with Crippen LogP contribution in [-0.2, 0) is 4.79 Å². The summed E-state index contributed by atoms with van der Waals surface area (Å²) in [6, 6.07) is 0. The smallest absolute Gasteiger partial charge is 0.155 e. The summed E-state index contributed by atoms with van der Waals surface area (Å²) in [5.74, 6) is 3.10. The summed E-state index contributed by atoms with van der Waals surface area (Å²) in [7, 11) is 0. The lowest BCUT2D eigenvalue weighted by atomic mass is 9.47. The van der Waals surface area contributed by atoms with Gasteiger partial charge in [-0.3, -0.25) is 4.79 Å². The van der Waals surface area contributed by atoms with Gasteiger partial charge in [0, 0.05) is 11.7 Å². The molecule has 0 aromatic rings. The zero-order chi connectivity index (χ0) is 15.5. The fraction of sp³-hybridized carbons (Fsp3) is 0.850. The zero-order valence-corrected chi connectivity index (χ0v) is 15.2. The third-order valence-corrected chi connectivity index (χ3v) is 9.50. The lowest BCUT2D eigenvalue weighted by Crippen LogP contribution is -2.50. The second-order valence-corrected chi connectivity index (χ2v) is 9.86. The molecule has 0 aromatic heterocycles. The molecule has 6 atom stereocenters. The van der Waals surface area contributed by atoms with E-state index in [0.717, 1.165) is 35.8 Å². The molecule has 3 saturated carbocycles. The molecule has 4 aliphatic carbocycles. The SMILES string of the molecule is CSC1CC[C@H]2[C@@H]3CCC4=CC(=O)CC[C@]4(C)[C@@H]3CC[C@]12C. The molecule has 1 unspecified atom stereocenters. The van der Waals surface area contributed by atoms with Crippen LogP contribution in [0.2, 0.25) is 0 Å². The van der Waals surface area contributed by atoms with E-state index in [2.05, 4.69) is 31.9 Å². The van der Waals surface area contributed by atoms with Crippen molar-refractivity contribution in [3.8, 4) is 0 Å². The highest BCUT2D eigenvalue weighted by Gasteiger charge is 2.58. The number of carbonyl (C=O) groups is 1. The standard InChI is InChI=1S/C20H30OS/c1-19-10-8-14(21)12-13(19)4-5-15-16-6-7-18(22-3)20(16,2)11-9-17(15)19/h12,15-18H,4-11H2,1-3H3/t15-,16-,17+,18?,19-,20-/m0/s1. The first-order chi connectivity index (χ1) is 10.5. The number of ketones is 1. The van der Waals surface area contributed by atoms with E-state index in [-0.39, 0.29) is 0 Å². The molecule has 0 amide bonds. The van der Waals surface area contributed by atoms with Crippen LogP contribution < -0.4 is 0 Å². The molecule has 0 saturated heterocycles. The Morgan fingerprint density at radius 3 is 2.64 bits per heavy atom. The maximum absolute atomic E-state index is 11.9. The molecule has 22 heavy (non-hydrogen) atoms. The maximum Gasteiger partial charge on any atom is 0.155 e. The number of hydrogen-bond donors (Lipinski definition) is 0. The minimum atomic E-state index is 0.343. The van der Waals surface area contributed by atoms with Crippen LogP contribution >= 0.6 is 11.8 Å². The van der Waals surface area contributed by atoms with Crippen molar-refractivity contribution >= 4 is 17.5 Å². The summed E-state index contributed by atoms with van der Waals surface area (Å²) < 4.78 is 0. The Morgan fingerprint density at radius 1 is 1.05 bits per heavy atom. The lowest BCUT2D eigenvalue weighted by Gasteiger charge is -2.58. The normalized spacial score (nSPS) is 50.9. The number of hydrogen-bond acceptors (Lipinski definition) is 2. The van der Waals surface area contributed by atoms with Crippen LogP contribution in [0.15, 0.2) is 11.6 Å². The van der Waals surface area contributed by atoms with Crippen LogP contribution in [-0.4, -0.2) is 17.3 Å². The van der Waals surface area contributed by atoms with Gasteiger partial charge in [0.25, 0.3) is 0 Å². The van der Waals surface area contributed by atoms with E-state index in [9.17, 15) is 4.79 Å². The van der Waals surface area contributed by atoms with Gasteiger partial charge in [-0.2, -0.15) is 11.8 Å². The van der Waals surface area contributed by atoms with E-state index in [0.29, 0.717) is 16.6 Å². The molecular weight excluding hydrogens is 288 g/mol. The van der Waals surface area contributed by atoms with Gasteiger partial charge in [-0.05, 0) is 85.9 Å². The van der Waals surface area contributed by atoms with Crippen LogP contribution in [0.4, 0.5) is 0 Å². The average Bonchev–Trinajstić information content (AvgIpc) is 2.84. The van der Waals surface area contributed by atoms with Crippen LogP contribution in [0, 0.1) is 28.6 Å². The highest BCUT2D eigenvalue weighted by Crippen LogP contribution is 2.66. The van der Waals surface area contributed by atoms with Gasteiger partial charge in [0.1, 0.15) is 0 Å². The van der Waals surface area contributed by atoms with E-state index in [1.807, 2.05) is 6.08 Å². The average molecular weight is 319 g/mol. The van der Waals surface area contributed by atoms with Crippen molar-refractivity contribution < 1.29 is 4.79 Å². The Balaban J connectivity index is 1.67. The van der Waals surface area contributed by atoms with E-state index in [1.54, 1.807) is 0 Å². The molecule has 0 N–H and O–H groups in total. The van der Waals surface area contributed by atoms with Gasteiger partial charge in [-0.15, -0.1) is 0 Å². The Kier molecular flexibility index (Phi) is 3.57. The van der Waals surface area contributed by atoms with Crippen LogP contribution in [0.5, 0.6) is 0 Å². The van der Waals surface area contributed by atoms with Crippen molar-refractivity contribution in [2.45, 2.75) is 70.5 Å². The molecule has 2 heteroatoms. The van der Waals surface area contributed by atoms with E-state index < -0.39 is 0 Å². The predicted molar refractivity (Wildman–Crippen MR) is 94.0 cm³/mol. The number of allylic oxidation sites excluding steroid dienone is 1. The number of thioether (sulfide) groups is 1. The van der Waals surface area contributed by atoms with Crippen molar-refractivity contribution in [2.75, 3.05) is 6.26 Å². The van der Waals surface area contributed by atoms with Crippen molar-refractivity contribution in [2.24, 2.45) is 28.6 Å². The quantitative estimate of drug-likeness (QED) is 0.657. The molecule has 0 aromatic carbocycles. The lowest BCUT2D eigenvalue weighted by molar-refractivity contribution is -0.117. The largest absolute Gasteiger partial charge is 0.295 e. The molecule has 4 rings (SSSR count).